The van der Waals surface area contributed by atoms with Gasteiger partial charge in [0.25, 0.3) is 0 Å². The van der Waals surface area contributed by atoms with Gasteiger partial charge in [0, 0.05) is 21.1 Å². The molecular formula is C14H11BrClNO4. The molecule has 2 rings (SSSR count). The number of halogens is 2. The minimum absolute atomic E-state index is 0.0596. The lowest BCUT2D eigenvalue weighted by Crippen LogP contribution is -1.98. The molecular weight excluding hydrogens is 362 g/mol. The first kappa shape index (κ1) is 15.8. The number of rotatable bonds is 4. The van der Waals surface area contributed by atoms with E-state index in [0.29, 0.717) is 11.3 Å². The van der Waals surface area contributed by atoms with Crippen molar-refractivity contribution >= 4 is 33.2 Å². The van der Waals surface area contributed by atoms with Crippen LogP contribution in [0.2, 0.25) is 5.02 Å². The molecule has 0 saturated carbocycles. The number of benzene rings is 2. The summed E-state index contributed by atoms with van der Waals surface area (Å²) in [7, 11) is 0. The molecule has 0 aliphatic carbocycles. The van der Waals surface area contributed by atoms with Gasteiger partial charge in [0.15, 0.2) is 0 Å². The Kier molecular flexibility index (Phi) is 4.82. The third kappa shape index (κ3) is 3.72. The minimum Gasteiger partial charge on any atom is -0.450 e. The summed E-state index contributed by atoms with van der Waals surface area (Å²) in [6, 6.07) is 9.23. The van der Waals surface area contributed by atoms with Gasteiger partial charge in [-0.25, -0.2) is 0 Å². The Morgan fingerprint density at radius 1 is 1.29 bits per heavy atom. The highest BCUT2D eigenvalue weighted by Crippen LogP contribution is 2.37. The van der Waals surface area contributed by atoms with Gasteiger partial charge in [-0.05, 0) is 31.2 Å². The quantitative estimate of drug-likeness (QED) is 0.614. The highest BCUT2D eigenvalue weighted by molar-refractivity contribution is 9.10. The molecule has 1 N–H and O–H groups in total. The zero-order valence-corrected chi connectivity index (χ0v) is 13.3. The summed E-state index contributed by atoms with van der Waals surface area (Å²) in [4.78, 5) is 10.5. The smallest absolute Gasteiger partial charge is 0.313 e. The number of nitrogens with zero attached hydrogens (tertiary/aromatic N) is 1. The van der Waals surface area contributed by atoms with Crippen molar-refractivity contribution in [3.05, 3.63) is 61.6 Å². The summed E-state index contributed by atoms with van der Waals surface area (Å²) < 4.78 is 6.34. The van der Waals surface area contributed by atoms with E-state index < -0.39 is 11.0 Å². The standard InChI is InChI=1S/C14H11BrClNO4/c1-8(18)11-4-2-9(15)6-14(11)21-13-5-3-10(16)7-12(13)17(19)20/h2-8,18H,1H3. The van der Waals surface area contributed by atoms with E-state index in [4.69, 9.17) is 16.3 Å². The fraction of sp³-hybridized carbons (Fsp3) is 0.143. The zero-order chi connectivity index (χ0) is 15.6. The van der Waals surface area contributed by atoms with Gasteiger partial charge in [0.05, 0.1) is 11.0 Å². The van der Waals surface area contributed by atoms with Gasteiger partial charge in [-0.1, -0.05) is 33.6 Å². The molecule has 0 fully saturated rings. The van der Waals surface area contributed by atoms with E-state index in [1.165, 1.54) is 18.2 Å². The average molecular weight is 373 g/mol. The molecule has 1 atom stereocenters. The second kappa shape index (κ2) is 6.43. The van der Waals surface area contributed by atoms with Crippen LogP contribution in [0, 0.1) is 10.1 Å². The van der Waals surface area contributed by atoms with Crippen molar-refractivity contribution in [1.82, 2.24) is 0 Å². The van der Waals surface area contributed by atoms with E-state index in [0.717, 1.165) is 4.47 Å². The number of hydrogen-bond donors (Lipinski definition) is 1. The van der Waals surface area contributed by atoms with Crippen LogP contribution in [0.1, 0.15) is 18.6 Å². The van der Waals surface area contributed by atoms with Crippen LogP contribution in [0.4, 0.5) is 5.69 Å². The Morgan fingerprint density at radius 2 is 2.00 bits per heavy atom. The van der Waals surface area contributed by atoms with Crippen LogP contribution in [-0.2, 0) is 0 Å². The molecule has 0 heterocycles. The second-order valence-corrected chi connectivity index (χ2v) is 5.68. The summed E-state index contributed by atoms with van der Waals surface area (Å²) in [5, 5.41) is 21.1. The molecule has 0 aliphatic rings. The van der Waals surface area contributed by atoms with E-state index in [-0.39, 0.29) is 16.5 Å². The minimum atomic E-state index is -0.764. The van der Waals surface area contributed by atoms with E-state index >= 15 is 0 Å². The van der Waals surface area contributed by atoms with Crippen LogP contribution in [-0.4, -0.2) is 10.0 Å². The lowest BCUT2D eigenvalue weighted by Gasteiger charge is -2.13. The highest BCUT2D eigenvalue weighted by Gasteiger charge is 2.19. The van der Waals surface area contributed by atoms with Crippen molar-refractivity contribution in [3.63, 3.8) is 0 Å². The molecule has 0 saturated heterocycles. The van der Waals surface area contributed by atoms with Gasteiger partial charge in [-0.15, -0.1) is 0 Å². The summed E-state index contributed by atoms with van der Waals surface area (Å²) in [5.74, 6) is 0.397. The summed E-state index contributed by atoms with van der Waals surface area (Å²) >= 11 is 9.06. The Bertz CT molecular complexity index is 691. The number of ether oxygens (including phenoxy) is 1. The molecule has 0 aliphatic heterocycles. The molecule has 0 radical (unpaired) electrons. The average Bonchev–Trinajstić information content (AvgIpc) is 2.40. The van der Waals surface area contributed by atoms with Gasteiger partial charge in [-0.2, -0.15) is 0 Å². The van der Waals surface area contributed by atoms with Crippen LogP contribution in [0.15, 0.2) is 40.9 Å². The van der Waals surface area contributed by atoms with E-state index in [1.54, 1.807) is 25.1 Å². The normalized spacial score (nSPS) is 12.0. The molecule has 2 aromatic rings. The van der Waals surface area contributed by atoms with Crippen LogP contribution in [0.5, 0.6) is 11.5 Å². The first-order chi connectivity index (χ1) is 9.88. The van der Waals surface area contributed by atoms with Crippen LogP contribution in [0.3, 0.4) is 0 Å². The monoisotopic (exact) mass is 371 g/mol. The third-order valence-electron chi connectivity index (χ3n) is 2.76. The zero-order valence-electron chi connectivity index (χ0n) is 10.9. The molecule has 7 heteroatoms. The maximum Gasteiger partial charge on any atom is 0.313 e. The lowest BCUT2D eigenvalue weighted by atomic mass is 10.1. The fourth-order valence-electron chi connectivity index (χ4n) is 1.78. The molecule has 2 aromatic carbocycles. The highest BCUT2D eigenvalue weighted by atomic mass is 79.9. The number of aliphatic hydroxyl groups excluding tert-OH is 1. The van der Waals surface area contributed by atoms with Crippen molar-refractivity contribution in [3.8, 4) is 11.5 Å². The van der Waals surface area contributed by atoms with Gasteiger partial charge < -0.3 is 9.84 Å². The lowest BCUT2D eigenvalue weighted by molar-refractivity contribution is -0.385. The summed E-state index contributed by atoms with van der Waals surface area (Å²) in [6.07, 6.45) is -0.764. The Labute approximate surface area is 134 Å². The van der Waals surface area contributed by atoms with Gasteiger partial charge in [0.1, 0.15) is 5.75 Å². The van der Waals surface area contributed by atoms with Crippen molar-refractivity contribution in [2.45, 2.75) is 13.0 Å². The Hall–Kier alpha value is -1.63. The number of aliphatic hydroxyl groups is 1. The predicted molar refractivity (Wildman–Crippen MR) is 83.0 cm³/mol. The van der Waals surface area contributed by atoms with Crippen LogP contribution < -0.4 is 4.74 Å². The third-order valence-corrected chi connectivity index (χ3v) is 3.49. The van der Waals surface area contributed by atoms with E-state index in [9.17, 15) is 15.2 Å². The van der Waals surface area contributed by atoms with Crippen molar-refractivity contribution in [2.24, 2.45) is 0 Å². The van der Waals surface area contributed by atoms with Gasteiger partial charge in [-0.3, -0.25) is 10.1 Å². The second-order valence-electron chi connectivity index (χ2n) is 4.33. The van der Waals surface area contributed by atoms with Gasteiger partial charge >= 0.3 is 5.69 Å². The largest absolute Gasteiger partial charge is 0.450 e. The van der Waals surface area contributed by atoms with Crippen LogP contribution in [0.25, 0.3) is 0 Å². The summed E-state index contributed by atoms with van der Waals surface area (Å²) in [5.41, 5.74) is 0.293. The topological polar surface area (TPSA) is 72.6 Å². The molecule has 1 unspecified atom stereocenters. The Morgan fingerprint density at radius 3 is 2.62 bits per heavy atom. The van der Waals surface area contributed by atoms with Crippen LogP contribution >= 0.6 is 27.5 Å². The molecule has 0 aromatic heterocycles. The summed E-state index contributed by atoms with van der Waals surface area (Å²) in [6.45, 7) is 1.59. The van der Waals surface area contributed by atoms with E-state index in [1.807, 2.05) is 0 Å². The molecule has 0 bridgehead atoms. The first-order valence-electron chi connectivity index (χ1n) is 5.98. The molecule has 110 valence electrons. The number of hydrogen-bond acceptors (Lipinski definition) is 4. The molecule has 0 amide bonds. The SMILES string of the molecule is CC(O)c1ccc(Br)cc1Oc1ccc(Cl)cc1[N+](=O)[O-]. The van der Waals surface area contributed by atoms with Crippen molar-refractivity contribution in [1.29, 1.82) is 0 Å². The molecule has 21 heavy (non-hydrogen) atoms. The van der Waals surface area contributed by atoms with E-state index in [2.05, 4.69) is 15.9 Å². The molecule has 0 spiro atoms. The maximum atomic E-state index is 11.1. The number of nitro groups is 1. The molecule has 5 nitrogen and oxygen atoms in total. The fourth-order valence-corrected chi connectivity index (χ4v) is 2.29. The Balaban J connectivity index is 2.47. The first-order valence-corrected chi connectivity index (χ1v) is 7.15. The van der Waals surface area contributed by atoms with Crippen molar-refractivity contribution in [2.75, 3.05) is 0 Å². The van der Waals surface area contributed by atoms with Gasteiger partial charge in [0.2, 0.25) is 5.75 Å². The predicted octanol–water partition coefficient (Wildman–Crippen LogP) is 4.86. The van der Waals surface area contributed by atoms with Crippen molar-refractivity contribution < 1.29 is 14.8 Å². The number of nitro benzene ring substituents is 1. The maximum absolute atomic E-state index is 11.1.